The van der Waals surface area contributed by atoms with Crippen LogP contribution in [-0.2, 0) is 0 Å². The van der Waals surface area contributed by atoms with Crippen molar-refractivity contribution in [2.75, 3.05) is 11.6 Å². The van der Waals surface area contributed by atoms with Gasteiger partial charge in [0.25, 0.3) is 0 Å². The van der Waals surface area contributed by atoms with Gasteiger partial charge in [-0.2, -0.15) is 0 Å². The molecule has 0 aliphatic rings. The number of rotatable bonds is 4. The summed E-state index contributed by atoms with van der Waals surface area (Å²) in [5, 5.41) is 6.71. The Bertz CT molecular complexity index is 494. The van der Waals surface area contributed by atoms with Crippen LogP contribution in [0.5, 0.6) is 0 Å². The largest absolute Gasteiger partial charge is 0.377 e. The molecule has 1 N–H and O–H groups in total. The van der Waals surface area contributed by atoms with Gasteiger partial charge in [0, 0.05) is 16.0 Å². The van der Waals surface area contributed by atoms with E-state index in [0.717, 1.165) is 16.4 Å². The highest BCUT2D eigenvalue weighted by molar-refractivity contribution is 7.98. The van der Waals surface area contributed by atoms with E-state index in [4.69, 9.17) is 0 Å². The minimum atomic E-state index is 0.247. The number of hydrogen-bond donors (Lipinski definition) is 1. The third kappa shape index (κ3) is 3.23. The van der Waals surface area contributed by atoms with E-state index in [2.05, 4.69) is 53.1 Å². The van der Waals surface area contributed by atoms with E-state index in [0.29, 0.717) is 0 Å². The van der Waals surface area contributed by atoms with Crippen LogP contribution in [0, 0.1) is 6.92 Å². The van der Waals surface area contributed by atoms with E-state index in [1.807, 2.05) is 6.92 Å². The van der Waals surface area contributed by atoms with Crippen LogP contribution in [0.4, 0.5) is 5.69 Å². The number of aromatic nitrogens is 1. The average molecular weight is 264 g/mol. The minimum Gasteiger partial charge on any atom is -0.377 e. The zero-order valence-electron chi connectivity index (χ0n) is 10.2. The zero-order chi connectivity index (χ0) is 12.3. The van der Waals surface area contributed by atoms with Crippen molar-refractivity contribution in [3.05, 3.63) is 40.3 Å². The quantitative estimate of drug-likeness (QED) is 0.831. The van der Waals surface area contributed by atoms with Crippen LogP contribution < -0.4 is 5.32 Å². The van der Waals surface area contributed by atoms with Crippen LogP contribution in [0.25, 0.3) is 0 Å². The standard InChI is InChI=1S/C13H16N2S2/c1-9(13-8-17-10(2)15-13)14-11-5-4-6-12(7-11)16-3/h4-9,14H,1-3H3. The summed E-state index contributed by atoms with van der Waals surface area (Å²) in [6.07, 6.45) is 2.09. The van der Waals surface area contributed by atoms with E-state index < -0.39 is 0 Å². The molecule has 1 aromatic carbocycles. The molecule has 90 valence electrons. The van der Waals surface area contributed by atoms with Gasteiger partial charge in [-0.15, -0.1) is 23.1 Å². The van der Waals surface area contributed by atoms with Gasteiger partial charge < -0.3 is 5.32 Å². The first kappa shape index (κ1) is 12.5. The Labute approximate surface area is 110 Å². The Morgan fingerprint density at radius 2 is 2.24 bits per heavy atom. The molecule has 0 fully saturated rings. The van der Waals surface area contributed by atoms with Crippen molar-refractivity contribution in [2.45, 2.75) is 24.8 Å². The number of benzene rings is 1. The molecular formula is C13H16N2S2. The smallest absolute Gasteiger partial charge is 0.0898 e. The van der Waals surface area contributed by atoms with Crippen molar-refractivity contribution < 1.29 is 0 Å². The first-order chi connectivity index (χ1) is 8.19. The number of anilines is 1. The molecule has 4 heteroatoms. The highest BCUT2D eigenvalue weighted by Crippen LogP contribution is 2.24. The first-order valence-electron chi connectivity index (χ1n) is 5.51. The van der Waals surface area contributed by atoms with Gasteiger partial charge in [0.15, 0.2) is 0 Å². The number of hydrogen-bond acceptors (Lipinski definition) is 4. The van der Waals surface area contributed by atoms with Crippen molar-refractivity contribution in [3.8, 4) is 0 Å². The number of nitrogens with zero attached hydrogens (tertiary/aromatic N) is 1. The lowest BCUT2D eigenvalue weighted by Crippen LogP contribution is -2.06. The predicted molar refractivity (Wildman–Crippen MR) is 77.1 cm³/mol. The maximum Gasteiger partial charge on any atom is 0.0898 e. The molecule has 0 amide bonds. The molecule has 0 saturated carbocycles. The SMILES string of the molecule is CSc1cccc(NC(C)c2csc(C)n2)c1. The second-order valence-corrected chi connectivity index (χ2v) is 5.83. The van der Waals surface area contributed by atoms with Crippen LogP contribution >= 0.6 is 23.1 Å². The molecule has 2 rings (SSSR count). The number of thioether (sulfide) groups is 1. The average Bonchev–Trinajstić information content (AvgIpc) is 2.76. The molecule has 17 heavy (non-hydrogen) atoms. The summed E-state index contributed by atoms with van der Waals surface area (Å²) in [5.74, 6) is 0. The summed E-state index contributed by atoms with van der Waals surface area (Å²) in [7, 11) is 0. The van der Waals surface area contributed by atoms with Crippen molar-refractivity contribution in [3.63, 3.8) is 0 Å². The molecule has 1 atom stereocenters. The highest BCUT2D eigenvalue weighted by Gasteiger charge is 2.08. The lowest BCUT2D eigenvalue weighted by atomic mass is 10.2. The molecule has 1 aromatic heterocycles. The van der Waals surface area contributed by atoms with Crippen molar-refractivity contribution in [2.24, 2.45) is 0 Å². The van der Waals surface area contributed by atoms with E-state index in [9.17, 15) is 0 Å². The lowest BCUT2D eigenvalue weighted by molar-refractivity contribution is 0.845. The van der Waals surface area contributed by atoms with Gasteiger partial charge in [-0.25, -0.2) is 4.98 Å². The summed E-state index contributed by atoms with van der Waals surface area (Å²) in [4.78, 5) is 5.77. The summed E-state index contributed by atoms with van der Waals surface area (Å²) in [6.45, 7) is 4.18. The van der Waals surface area contributed by atoms with Crippen LogP contribution in [0.3, 0.4) is 0 Å². The van der Waals surface area contributed by atoms with Gasteiger partial charge in [0.2, 0.25) is 0 Å². The van der Waals surface area contributed by atoms with Gasteiger partial charge in [-0.05, 0) is 38.3 Å². The molecule has 0 aliphatic heterocycles. The van der Waals surface area contributed by atoms with Crippen LogP contribution in [-0.4, -0.2) is 11.2 Å². The maximum absolute atomic E-state index is 4.50. The first-order valence-corrected chi connectivity index (χ1v) is 7.62. The molecule has 2 nitrogen and oxygen atoms in total. The number of thiazole rings is 1. The van der Waals surface area contributed by atoms with Crippen molar-refractivity contribution in [1.29, 1.82) is 0 Å². The van der Waals surface area contributed by atoms with Gasteiger partial charge >= 0.3 is 0 Å². The Hall–Kier alpha value is -1.00. The summed E-state index contributed by atoms with van der Waals surface area (Å²) < 4.78 is 0. The third-order valence-corrected chi connectivity index (χ3v) is 4.05. The Balaban J connectivity index is 2.09. The maximum atomic E-state index is 4.50. The second kappa shape index (κ2) is 5.56. The van der Waals surface area contributed by atoms with E-state index in [1.54, 1.807) is 23.1 Å². The molecule has 0 spiro atoms. The van der Waals surface area contributed by atoms with Gasteiger partial charge in [-0.1, -0.05) is 6.07 Å². The Kier molecular flexibility index (Phi) is 4.07. The Morgan fingerprint density at radius 1 is 1.41 bits per heavy atom. The summed E-state index contributed by atoms with van der Waals surface area (Å²) in [5.41, 5.74) is 2.26. The van der Waals surface area contributed by atoms with Crippen LogP contribution in [0.1, 0.15) is 23.7 Å². The minimum absolute atomic E-state index is 0.247. The topological polar surface area (TPSA) is 24.9 Å². The second-order valence-electron chi connectivity index (χ2n) is 3.89. The number of nitrogens with one attached hydrogen (secondary N) is 1. The van der Waals surface area contributed by atoms with Crippen molar-refractivity contribution >= 4 is 28.8 Å². The normalized spacial score (nSPS) is 12.4. The fourth-order valence-corrected chi connectivity index (χ4v) is 2.78. The van der Waals surface area contributed by atoms with Crippen LogP contribution in [0.2, 0.25) is 0 Å². The van der Waals surface area contributed by atoms with E-state index in [1.165, 1.54) is 4.90 Å². The molecule has 0 saturated heterocycles. The monoisotopic (exact) mass is 264 g/mol. The molecule has 1 heterocycles. The van der Waals surface area contributed by atoms with Crippen molar-refractivity contribution in [1.82, 2.24) is 4.98 Å². The molecule has 0 aliphatic carbocycles. The summed E-state index contributed by atoms with van der Waals surface area (Å²) >= 11 is 3.45. The summed E-state index contributed by atoms with van der Waals surface area (Å²) in [6, 6.07) is 8.70. The fourth-order valence-electron chi connectivity index (χ4n) is 1.62. The molecule has 0 bridgehead atoms. The van der Waals surface area contributed by atoms with Gasteiger partial charge in [0.1, 0.15) is 0 Å². The molecule has 0 radical (unpaired) electrons. The molecular weight excluding hydrogens is 248 g/mol. The predicted octanol–water partition coefficient (Wildman–Crippen LogP) is 4.35. The highest BCUT2D eigenvalue weighted by atomic mass is 32.2. The zero-order valence-corrected chi connectivity index (χ0v) is 11.9. The fraction of sp³-hybridized carbons (Fsp3) is 0.308. The van der Waals surface area contributed by atoms with E-state index >= 15 is 0 Å². The van der Waals surface area contributed by atoms with Crippen LogP contribution in [0.15, 0.2) is 34.5 Å². The van der Waals surface area contributed by atoms with Gasteiger partial charge in [-0.3, -0.25) is 0 Å². The molecule has 1 unspecified atom stereocenters. The van der Waals surface area contributed by atoms with Gasteiger partial charge in [0.05, 0.1) is 16.7 Å². The lowest BCUT2D eigenvalue weighted by Gasteiger charge is -2.13. The third-order valence-electron chi connectivity index (χ3n) is 2.53. The van der Waals surface area contributed by atoms with E-state index in [-0.39, 0.29) is 6.04 Å². The number of aryl methyl sites for hydroxylation is 1. The molecule has 2 aromatic rings. The Morgan fingerprint density at radius 3 is 2.88 bits per heavy atom.